The minimum atomic E-state index is 0.576. The highest BCUT2D eigenvalue weighted by Gasteiger charge is 2.30. The standard InChI is InChI=1S/C15H29NS/c1-17-15(10-6-3-7-11-15)13-16-12-14-8-4-2-5-9-14/h14,16H,2-13H2,1H3. The number of rotatable bonds is 5. The van der Waals surface area contributed by atoms with Crippen LogP contribution < -0.4 is 5.32 Å². The van der Waals surface area contributed by atoms with Crippen LogP contribution in [0.4, 0.5) is 0 Å². The summed E-state index contributed by atoms with van der Waals surface area (Å²) >= 11 is 2.12. The van der Waals surface area contributed by atoms with Crippen LogP contribution in [0, 0.1) is 5.92 Å². The molecule has 2 aliphatic carbocycles. The van der Waals surface area contributed by atoms with E-state index in [1.165, 1.54) is 77.3 Å². The van der Waals surface area contributed by atoms with Crippen LogP contribution in [0.15, 0.2) is 0 Å². The number of nitrogens with one attached hydrogen (secondary N) is 1. The molecule has 0 aromatic heterocycles. The van der Waals surface area contributed by atoms with Crippen molar-refractivity contribution >= 4 is 11.8 Å². The predicted octanol–water partition coefficient (Wildman–Crippen LogP) is 4.22. The van der Waals surface area contributed by atoms with Gasteiger partial charge in [0.15, 0.2) is 0 Å². The van der Waals surface area contributed by atoms with Crippen LogP contribution in [-0.4, -0.2) is 24.1 Å². The molecule has 2 saturated carbocycles. The molecule has 0 aromatic rings. The van der Waals surface area contributed by atoms with E-state index in [1.54, 1.807) is 0 Å². The highest BCUT2D eigenvalue weighted by atomic mass is 32.2. The minimum Gasteiger partial charge on any atom is -0.315 e. The average molecular weight is 255 g/mol. The molecule has 0 aliphatic heterocycles. The first-order valence-electron chi connectivity index (χ1n) is 7.60. The van der Waals surface area contributed by atoms with Crippen molar-refractivity contribution in [3.05, 3.63) is 0 Å². The first-order valence-corrected chi connectivity index (χ1v) is 8.83. The summed E-state index contributed by atoms with van der Waals surface area (Å²) in [5.41, 5.74) is 0. The summed E-state index contributed by atoms with van der Waals surface area (Å²) in [5, 5.41) is 3.80. The van der Waals surface area contributed by atoms with Gasteiger partial charge in [0.05, 0.1) is 0 Å². The fraction of sp³-hybridized carbons (Fsp3) is 1.00. The molecule has 0 aromatic carbocycles. The third-order valence-electron chi connectivity index (χ3n) is 4.80. The van der Waals surface area contributed by atoms with E-state index < -0.39 is 0 Å². The van der Waals surface area contributed by atoms with E-state index in [2.05, 4.69) is 23.3 Å². The molecule has 1 nitrogen and oxygen atoms in total. The Balaban J connectivity index is 1.68. The quantitative estimate of drug-likeness (QED) is 0.789. The zero-order valence-electron chi connectivity index (χ0n) is 11.5. The van der Waals surface area contributed by atoms with Crippen LogP contribution in [0.5, 0.6) is 0 Å². The van der Waals surface area contributed by atoms with Gasteiger partial charge in [0.1, 0.15) is 0 Å². The van der Waals surface area contributed by atoms with E-state index >= 15 is 0 Å². The molecule has 2 fully saturated rings. The van der Waals surface area contributed by atoms with Crippen LogP contribution in [0.3, 0.4) is 0 Å². The third-order valence-corrected chi connectivity index (χ3v) is 6.22. The third kappa shape index (κ3) is 4.17. The van der Waals surface area contributed by atoms with E-state index in [9.17, 15) is 0 Å². The first kappa shape index (κ1) is 13.7. The fourth-order valence-electron chi connectivity index (χ4n) is 3.54. The molecule has 0 bridgehead atoms. The molecule has 2 rings (SSSR count). The maximum absolute atomic E-state index is 3.80. The minimum absolute atomic E-state index is 0.576. The van der Waals surface area contributed by atoms with Gasteiger partial charge < -0.3 is 5.32 Å². The van der Waals surface area contributed by atoms with Crippen LogP contribution >= 0.6 is 11.8 Å². The Morgan fingerprint density at radius 2 is 1.65 bits per heavy atom. The smallest absolute Gasteiger partial charge is 0.0281 e. The SMILES string of the molecule is CSC1(CNCC2CCCCC2)CCCCC1. The van der Waals surface area contributed by atoms with Crippen molar-refractivity contribution < 1.29 is 0 Å². The molecule has 100 valence electrons. The van der Waals surface area contributed by atoms with Gasteiger partial charge in [0.2, 0.25) is 0 Å². The summed E-state index contributed by atoms with van der Waals surface area (Å²) in [6.07, 6.45) is 16.9. The molecule has 0 unspecified atom stereocenters. The van der Waals surface area contributed by atoms with E-state index in [0.717, 1.165) is 5.92 Å². The molecule has 1 N–H and O–H groups in total. The Kier molecular flexibility index (Phi) is 5.68. The van der Waals surface area contributed by atoms with Gasteiger partial charge in [-0.25, -0.2) is 0 Å². The van der Waals surface area contributed by atoms with Gasteiger partial charge in [-0.2, -0.15) is 11.8 Å². The van der Waals surface area contributed by atoms with Gasteiger partial charge in [-0.15, -0.1) is 0 Å². The molecule has 2 aliphatic rings. The zero-order valence-corrected chi connectivity index (χ0v) is 12.3. The molecule has 0 radical (unpaired) electrons. The Labute approximate surface area is 112 Å². The number of hydrogen-bond acceptors (Lipinski definition) is 2. The Morgan fingerprint density at radius 1 is 1.00 bits per heavy atom. The van der Waals surface area contributed by atoms with Crippen molar-refractivity contribution in [1.82, 2.24) is 5.32 Å². The normalized spacial score (nSPS) is 25.9. The van der Waals surface area contributed by atoms with Crippen molar-refractivity contribution in [3.8, 4) is 0 Å². The van der Waals surface area contributed by atoms with Gasteiger partial charge in [0.25, 0.3) is 0 Å². The monoisotopic (exact) mass is 255 g/mol. The zero-order chi connectivity index (χ0) is 12.0. The van der Waals surface area contributed by atoms with Crippen molar-refractivity contribution in [1.29, 1.82) is 0 Å². The number of thioether (sulfide) groups is 1. The highest BCUT2D eigenvalue weighted by Crippen LogP contribution is 2.38. The highest BCUT2D eigenvalue weighted by molar-refractivity contribution is 8.00. The molecule has 0 saturated heterocycles. The lowest BCUT2D eigenvalue weighted by Crippen LogP contribution is -2.41. The van der Waals surface area contributed by atoms with Crippen molar-refractivity contribution in [2.75, 3.05) is 19.3 Å². The van der Waals surface area contributed by atoms with Crippen LogP contribution in [0.25, 0.3) is 0 Å². The Hall–Kier alpha value is 0.310. The predicted molar refractivity (Wildman–Crippen MR) is 78.8 cm³/mol. The summed E-state index contributed by atoms with van der Waals surface area (Å²) < 4.78 is 0.576. The second-order valence-electron chi connectivity index (χ2n) is 6.08. The fourth-order valence-corrected chi connectivity index (χ4v) is 4.49. The first-order chi connectivity index (χ1) is 8.35. The molecule has 0 heterocycles. The topological polar surface area (TPSA) is 12.0 Å². The summed E-state index contributed by atoms with van der Waals surface area (Å²) in [6.45, 7) is 2.53. The molecule has 0 atom stereocenters. The van der Waals surface area contributed by atoms with E-state index in [4.69, 9.17) is 0 Å². The summed E-state index contributed by atoms with van der Waals surface area (Å²) in [4.78, 5) is 0. The van der Waals surface area contributed by atoms with Gasteiger partial charge >= 0.3 is 0 Å². The average Bonchev–Trinajstić information content (AvgIpc) is 2.41. The Morgan fingerprint density at radius 3 is 2.29 bits per heavy atom. The Bertz CT molecular complexity index is 205. The van der Waals surface area contributed by atoms with Crippen molar-refractivity contribution in [2.45, 2.75) is 69.0 Å². The van der Waals surface area contributed by atoms with Crippen LogP contribution in [0.1, 0.15) is 64.2 Å². The van der Waals surface area contributed by atoms with Crippen molar-refractivity contribution in [2.24, 2.45) is 5.92 Å². The van der Waals surface area contributed by atoms with Gasteiger partial charge in [-0.05, 0) is 44.4 Å². The lowest BCUT2D eigenvalue weighted by atomic mass is 9.87. The largest absolute Gasteiger partial charge is 0.315 e. The van der Waals surface area contributed by atoms with Gasteiger partial charge in [-0.1, -0.05) is 38.5 Å². The molecule has 2 heteroatoms. The molecular formula is C15H29NS. The van der Waals surface area contributed by atoms with E-state index in [0.29, 0.717) is 4.75 Å². The molecule has 17 heavy (non-hydrogen) atoms. The molecule has 0 spiro atoms. The summed E-state index contributed by atoms with van der Waals surface area (Å²) in [7, 11) is 0. The van der Waals surface area contributed by atoms with Crippen LogP contribution in [-0.2, 0) is 0 Å². The maximum atomic E-state index is 3.80. The lowest BCUT2D eigenvalue weighted by molar-refractivity contribution is 0.321. The van der Waals surface area contributed by atoms with Gasteiger partial charge in [-0.3, -0.25) is 0 Å². The lowest BCUT2D eigenvalue weighted by Gasteiger charge is -2.36. The van der Waals surface area contributed by atoms with Crippen LogP contribution in [0.2, 0.25) is 0 Å². The summed E-state index contributed by atoms with van der Waals surface area (Å²) in [6, 6.07) is 0. The second-order valence-corrected chi connectivity index (χ2v) is 7.36. The molecular weight excluding hydrogens is 226 g/mol. The van der Waals surface area contributed by atoms with Crippen molar-refractivity contribution in [3.63, 3.8) is 0 Å². The number of hydrogen-bond donors (Lipinski definition) is 1. The summed E-state index contributed by atoms with van der Waals surface area (Å²) in [5.74, 6) is 0.978. The van der Waals surface area contributed by atoms with E-state index in [-0.39, 0.29) is 0 Å². The maximum Gasteiger partial charge on any atom is 0.0281 e. The van der Waals surface area contributed by atoms with E-state index in [1.807, 2.05) is 0 Å². The molecule has 0 amide bonds. The van der Waals surface area contributed by atoms with Gasteiger partial charge in [0, 0.05) is 11.3 Å². The second kappa shape index (κ2) is 7.04.